The number of aryl methyl sites for hydroxylation is 4. The van der Waals surface area contributed by atoms with Crippen molar-refractivity contribution >= 4 is 147 Å². The van der Waals surface area contributed by atoms with Gasteiger partial charge in [0.15, 0.2) is 56.0 Å². The van der Waals surface area contributed by atoms with Gasteiger partial charge < -0.3 is 43.9 Å². The molecular formula is C103H133BrCl5F4N3O19S4Si2. The molecule has 0 aromatic heterocycles. The molecule has 2 heterocycles. The first-order valence-corrected chi connectivity index (χ1v) is 60.2. The SMILES string of the molecule is C.C.C.CC(C)(C)[Si](C)(C)OCCBr.CC(C)(C)[Si](C)(C)OCCC1(S(=O)(=O)c2ccc(Cl)cc2)CCCc2ccc(F)cc21.O=C(Cl)Oc1ccc([N+](=O)[O-])cc1.O=C(OCCC1(S(=O)(=O)c2ccc(Cl)cc2)CCCc2ccc(F)cc21)N1CC[C@@H](O)C1.O=S(=O)(c1ccc(Cl)cc1)C1(CCO)CCCc2ccc(F)cc21.O=S(=O)(c1ccc(Cl)cc1)C1CCCc2ccc(F)cc21.O[C@@H]1CCNC1. The summed E-state index contributed by atoms with van der Waals surface area (Å²) >= 11 is 31.9. The van der Waals surface area contributed by atoms with Gasteiger partial charge in [0, 0.05) is 95.0 Å². The normalized spacial score (nSPS) is 19.2. The van der Waals surface area contributed by atoms with Gasteiger partial charge in [0.2, 0.25) is 0 Å². The summed E-state index contributed by atoms with van der Waals surface area (Å²) in [6, 6.07) is 46.8. The third-order valence-electron chi connectivity index (χ3n) is 26.6. The molecule has 0 radical (unpaired) electrons. The number of nitro benzene ring substituents is 1. The summed E-state index contributed by atoms with van der Waals surface area (Å²) in [5.41, 5.74) is 4.44. The maximum absolute atomic E-state index is 14.3. The molecule has 4 aliphatic carbocycles. The molecule has 4 N–H and O–H groups in total. The van der Waals surface area contributed by atoms with E-state index in [9.17, 15) is 81.1 Å². The van der Waals surface area contributed by atoms with Crippen LogP contribution in [0.3, 0.4) is 0 Å². The minimum atomic E-state index is -3.97. The molecular weight excluding hydrogens is 2100 g/mol. The number of carbonyl (C=O) groups excluding carboxylic acids is 2. The molecule has 776 valence electrons. The van der Waals surface area contributed by atoms with Crippen molar-refractivity contribution in [3.05, 3.63) is 292 Å². The average molecular weight is 2230 g/mol. The van der Waals surface area contributed by atoms with E-state index >= 15 is 0 Å². The summed E-state index contributed by atoms with van der Waals surface area (Å²) in [5.74, 6) is -1.62. The fourth-order valence-electron chi connectivity index (χ4n) is 17.1. The van der Waals surface area contributed by atoms with Gasteiger partial charge in [-0.1, -0.05) is 150 Å². The highest BCUT2D eigenvalue weighted by Gasteiger charge is 2.53. The number of likely N-dealkylation sites (tertiary alicyclic amines) is 1. The van der Waals surface area contributed by atoms with Gasteiger partial charge in [0.05, 0.1) is 48.6 Å². The van der Waals surface area contributed by atoms with Crippen molar-refractivity contribution < 1.29 is 99.4 Å². The zero-order valence-corrected chi connectivity index (χ0v) is 89.4. The van der Waals surface area contributed by atoms with Gasteiger partial charge in [-0.3, -0.25) is 10.1 Å². The number of hydrogen-bond acceptors (Lipinski definition) is 20. The van der Waals surface area contributed by atoms with Crippen LogP contribution in [0, 0.1) is 33.4 Å². The van der Waals surface area contributed by atoms with E-state index in [2.05, 4.69) is 93.7 Å². The number of nitrogens with one attached hydrogen (secondary N) is 1. The molecule has 1 amide bonds. The Kier molecular flexibility index (Phi) is 45.9. The van der Waals surface area contributed by atoms with Crippen LogP contribution >= 0.6 is 73.9 Å². The molecule has 15 rings (SSSR count). The Bertz CT molecular complexity index is 6140. The number of alkyl halides is 1. The van der Waals surface area contributed by atoms with Gasteiger partial charge in [-0.2, -0.15) is 0 Å². The number of nitrogens with zero attached hydrogens (tertiary/aromatic N) is 2. The van der Waals surface area contributed by atoms with E-state index in [-0.39, 0.29) is 103 Å². The van der Waals surface area contributed by atoms with Crippen LogP contribution in [0.15, 0.2) is 214 Å². The first kappa shape index (κ1) is 122. The second kappa shape index (κ2) is 52.9. The minimum absolute atomic E-state index is 0. The van der Waals surface area contributed by atoms with Crippen molar-refractivity contribution in [2.24, 2.45) is 0 Å². The highest BCUT2D eigenvalue weighted by Crippen LogP contribution is 2.52. The van der Waals surface area contributed by atoms with E-state index in [0.29, 0.717) is 118 Å². The Hall–Kier alpha value is -7.24. The largest absolute Gasteiger partial charge is 0.449 e. The molecule has 2 saturated heterocycles. The van der Waals surface area contributed by atoms with Gasteiger partial charge in [-0.15, -0.1) is 0 Å². The molecule has 38 heteroatoms. The molecule has 0 bridgehead atoms. The molecule has 2 aliphatic heterocycles. The monoisotopic (exact) mass is 2230 g/mol. The lowest BCUT2D eigenvalue weighted by Crippen LogP contribution is -2.44. The fraction of sp³-hybridized carbons (Fsp3) is 0.456. The zero-order chi connectivity index (χ0) is 102. The summed E-state index contributed by atoms with van der Waals surface area (Å²) in [5, 5.41) is 43.5. The maximum atomic E-state index is 14.3. The number of aliphatic hydroxyl groups is 3. The second-order valence-electron chi connectivity index (χ2n) is 37.7. The summed E-state index contributed by atoms with van der Waals surface area (Å²) in [4.78, 5) is 34.3. The van der Waals surface area contributed by atoms with Gasteiger partial charge in [0.1, 0.15) is 43.3 Å². The maximum Gasteiger partial charge on any atom is 0.409 e. The number of halogens is 10. The number of sulfone groups is 4. The number of aliphatic hydroxyl groups excluding tert-OH is 3. The van der Waals surface area contributed by atoms with Crippen LogP contribution < -0.4 is 10.1 Å². The fourth-order valence-corrected chi connectivity index (χ4v) is 28.7. The lowest BCUT2D eigenvalue weighted by Gasteiger charge is -2.41. The third-order valence-corrected chi connectivity index (χ3v) is 46.9. The number of carbonyl (C=O) groups is 2. The Balaban J connectivity index is 0.000000262. The highest BCUT2D eigenvalue weighted by atomic mass is 79.9. The molecule has 22 nitrogen and oxygen atoms in total. The molecule has 9 aromatic rings. The summed E-state index contributed by atoms with van der Waals surface area (Å²) in [6.07, 6.45) is 7.80. The van der Waals surface area contributed by atoms with Gasteiger partial charge in [0.25, 0.3) is 5.69 Å². The number of hydrogen-bond donors (Lipinski definition) is 4. The Morgan fingerprint density at radius 3 is 1.21 bits per heavy atom. The molecule has 6 atom stereocenters. The highest BCUT2D eigenvalue weighted by molar-refractivity contribution is 9.09. The topological polar surface area (TPSA) is 327 Å². The number of β-amino-alcohol motifs (C(OH)–C–C–N with tert-alkyl or cyclic N) is 2. The van der Waals surface area contributed by atoms with Crippen molar-refractivity contribution in [1.82, 2.24) is 10.2 Å². The number of benzene rings is 9. The second-order valence-corrected chi connectivity index (χ2v) is 59.0. The molecule has 2 fully saturated rings. The molecule has 6 aliphatic rings. The van der Waals surface area contributed by atoms with Gasteiger partial charge in [-0.05, 0) is 348 Å². The third kappa shape index (κ3) is 31.0. The Labute approximate surface area is 865 Å². The number of non-ortho nitro benzene ring substituents is 1. The Morgan fingerprint density at radius 2 is 0.872 bits per heavy atom. The van der Waals surface area contributed by atoms with Crippen LogP contribution in [0.25, 0.3) is 0 Å². The zero-order valence-electron chi connectivity index (χ0n) is 78.8. The van der Waals surface area contributed by atoms with E-state index in [1.165, 1.54) is 138 Å². The van der Waals surface area contributed by atoms with Crippen molar-refractivity contribution in [1.29, 1.82) is 0 Å². The van der Waals surface area contributed by atoms with E-state index in [4.69, 9.17) is 76.7 Å². The van der Waals surface area contributed by atoms with Crippen molar-refractivity contribution in [2.45, 2.75) is 261 Å². The minimum Gasteiger partial charge on any atom is -0.449 e. The number of ether oxygens (including phenoxy) is 2. The lowest BCUT2D eigenvalue weighted by molar-refractivity contribution is -0.384. The predicted octanol–water partition coefficient (Wildman–Crippen LogP) is 26.2. The van der Waals surface area contributed by atoms with Gasteiger partial charge in [-0.25, -0.2) is 60.8 Å². The molecule has 4 unspecified atom stereocenters. The van der Waals surface area contributed by atoms with E-state index < -0.39 is 121 Å². The van der Waals surface area contributed by atoms with Crippen LogP contribution in [0.5, 0.6) is 5.75 Å². The van der Waals surface area contributed by atoms with Crippen LogP contribution in [-0.2, 0) is 92.9 Å². The average Bonchev–Trinajstić information content (AvgIpc) is 1.72. The number of amides is 1. The smallest absolute Gasteiger partial charge is 0.409 e. The van der Waals surface area contributed by atoms with E-state index in [1.807, 2.05) is 0 Å². The summed E-state index contributed by atoms with van der Waals surface area (Å²) < 4.78 is 182. The number of nitro groups is 1. The van der Waals surface area contributed by atoms with Crippen LogP contribution in [0.4, 0.5) is 32.8 Å². The Morgan fingerprint density at radius 1 is 0.504 bits per heavy atom. The van der Waals surface area contributed by atoms with Crippen LogP contribution in [0.2, 0.25) is 56.4 Å². The predicted molar refractivity (Wildman–Crippen MR) is 563 cm³/mol. The molecule has 0 spiro atoms. The molecule has 9 aromatic carbocycles. The van der Waals surface area contributed by atoms with Crippen molar-refractivity contribution in [3.8, 4) is 5.75 Å². The lowest BCUT2D eigenvalue weighted by atomic mass is 9.80. The first-order chi connectivity index (χ1) is 64.7. The van der Waals surface area contributed by atoms with Crippen LogP contribution in [0.1, 0.15) is 197 Å². The quantitative estimate of drug-likeness (QED) is 0.0122. The van der Waals surface area contributed by atoms with Gasteiger partial charge >= 0.3 is 11.5 Å². The summed E-state index contributed by atoms with van der Waals surface area (Å²) in [6.45, 7) is 25.2. The summed E-state index contributed by atoms with van der Waals surface area (Å²) in [7, 11) is -18.6. The van der Waals surface area contributed by atoms with E-state index in [0.717, 1.165) is 79.4 Å². The first-order valence-electron chi connectivity index (χ1n) is 45.4. The van der Waals surface area contributed by atoms with Crippen molar-refractivity contribution in [3.63, 3.8) is 0 Å². The molecule has 141 heavy (non-hydrogen) atoms. The number of rotatable bonds is 22. The van der Waals surface area contributed by atoms with Crippen molar-refractivity contribution in [2.75, 3.05) is 57.9 Å². The standard InChI is InChI=1S/C24H32ClFO3SSi.C23H25ClFNO5S.C18H18ClFO3S.C16H14ClFO2S.C8H19BrOSi.C7H4ClNO4.C4H9NO.3CH4/c1-23(2,3)31(4,5)29-16-15-24(30(27,28)21-12-9-19(25)10-13-21)14-6-7-18-8-11-20(26)17-22(18)24;24-17-4-7-20(8-5-17)32(29,30)23(10-1-2-16-3-6-18(25)14-21(16)23)11-13-31-22(28)26-12-9-19(27)15-26;19-14-4-7-16(8-5-14)24(22,23)18(10-11-21)9-1-2-13-3-6-15(20)12-17(13)18;17-12-5-8-14(9-6-12)21(19,20)16-3-1-2-11-4-7-13(18)10-15(11)16;1-8(2,3)11(4,5)10-7-6-9;8-7(10)13-6-3-1-5(2-4-6)9(11)12;6-4-1-2-5-3-4;;;/h8-13,17H,6-7,14-16H2,1-5H3;3-8,14,19,27H,1-2,9-13,15H2;3-8,12,21H,1-2,9-11H2;4-10,16H,1-3H2;6-7H2,1-5H3;1-4H;4-6H,1-3H2;3*1H4/t;19-,23?;;;;;4-;;;/m.1....1.../s1. The van der Waals surface area contributed by atoms with Crippen LogP contribution in [-0.4, -0.2) is 157 Å². The number of fused-ring (bicyclic) bond motifs is 4. The van der Waals surface area contributed by atoms with E-state index in [1.54, 1.807) is 60.7 Å². The molecule has 0 saturated carbocycles.